The van der Waals surface area contributed by atoms with Crippen LogP contribution in [0.3, 0.4) is 0 Å². The number of nitrogens with zero attached hydrogens (tertiary/aromatic N) is 2. The van der Waals surface area contributed by atoms with Crippen molar-refractivity contribution >= 4 is 5.96 Å². The third kappa shape index (κ3) is 1.95. The van der Waals surface area contributed by atoms with Crippen LogP contribution in [0.2, 0.25) is 0 Å². The van der Waals surface area contributed by atoms with E-state index in [1.807, 2.05) is 18.2 Å². The second kappa shape index (κ2) is 4.28. The molecular formula is C13H17N3O. The zero-order chi connectivity index (χ0) is 11.7. The van der Waals surface area contributed by atoms with Gasteiger partial charge in [-0.15, -0.1) is 0 Å². The van der Waals surface area contributed by atoms with Crippen LogP contribution in [0.1, 0.15) is 17.9 Å². The Kier molecular flexibility index (Phi) is 2.63. The molecule has 0 aliphatic carbocycles. The van der Waals surface area contributed by atoms with Gasteiger partial charge in [-0.3, -0.25) is 4.99 Å². The third-order valence-corrected chi connectivity index (χ3v) is 3.45. The van der Waals surface area contributed by atoms with Crippen molar-refractivity contribution in [2.45, 2.75) is 12.3 Å². The quantitative estimate of drug-likeness (QED) is 0.614. The maximum absolute atomic E-state index is 5.91. The molecule has 2 aliphatic rings. The van der Waals surface area contributed by atoms with E-state index in [-0.39, 0.29) is 0 Å². The first-order valence-electron chi connectivity index (χ1n) is 6.11. The fraction of sp³-hybridized carbons (Fsp3) is 0.462. The molecule has 0 spiro atoms. The van der Waals surface area contributed by atoms with Crippen LogP contribution in [-0.2, 0) is 0 Å². The molecule has 3 rings (SSSR count). The van der Waals surface area contributed by atoms with Gasteiger partial charge in [-0.2, -0.15) is 0 Å². The van der Waals surface area contributed by atoms with Crippen LogP contribution in [-0.4, -0.2) is 37.1 Å². The molecule has 1 atom stereocenters. The van der Waals surface area contributed by atoms with Gasteiger partial charge < -0.3 is 15.4 Å². The minimum absolute atomic E-state index is 0.353. The molecule has 17 heavy (non-hydrogen) atoms. The van der Waals surface area contributed by atoms with Crippen LogP contribution in [0.4, 0.5) is 0 Å². The molecule has 4 heteroatoms. The maximum atomic E-state index is 5.91. The lowest BCUT2D eigenvalue weighted by Crippen LogP contribution is -2.46. The number of rotatable bonds is 2. The molecule has 1 fully saturated rings. The van der Waals surface area contributed by atoms with E-state index >= 15 is 0 Å². The van der Waals surface area contributed by atoms with Gasteiger partial charge in [-0.05, 0) is 12.5 Å². The predicted octanol–water partition coefficient (Wildman–Crippen LogP) is 1.18. The van der Waals surface area contributed by atoms with E-state index in [0.29, 0.717) is 11.9 Å². The average Bonchev–Trinajstić information content (AvgIpc) is 2.67. The van der Waals surface area contributed by atoms with E-state index in [4.69, 9.17) is 10.5 Å². The van der Waals surface area contributed by atoms with Gasteiger partial charge in [0.1, 0.15) is 5.75 Å². The van der Waals surface area contributed by atoms with Crippen LogP contribution in [0.15, 0.2) is 29.3 Å². The van der Waals surface area contributed by atoms with Crippen molar-refractivity contribution in [3.8, 4) is 5.75 Å². The van der Waals surface area contributed by atoms with Gasteiger partial charge >= 0.3 is 0 Å². The molecule has 0 aromatic heterocycles. The Bertz CT molecular complexity index is 440. The monoisotopic (exact) mass is 231 g/mol. The zero-order valence-corrected chi connectivity index (χ0v) is 9.80. The largest absolute Gasteiger partial charge is 0.493 e. The van der Waals surface area contributed by atoms with Gasteiger partial charge in [0.15, 0.2) is 5.96 Å². The Labute approximate surface area is 101 Å². The fourth-order valence-electron chi connectivity index (χ4n) is 2.23. The highest BCUT2D eigenvalue weighted by molar-refractivity contribution is 5.78. The molecule has 0 amide bonds. The van der Waals surface area contributed by atoms with Crippen molar-refractivity contribution in [2.24, 2.45) is 10.7 Å². The summed E-state index contributed by atoms with van der Waals surface area (Å²) in [6, 6.07) is 8.17. The summed E-state index contributed by atoms with van der Waals surface area (Å²) in [5.74, 6) is 2.03. The van der Waals surface area contributed by atoms with Crippen LogP contribution in [0.5, 0.6) is 5.75 Å². The molecule has 4 nitrogen and oxygen atoms in total. The summed E-state index contributed by atoms with van der Waals surface area (Å²) in [5.41, 5.74) is 7.17. The number of ether oxygens (including phenoxy) is 1. The molecule has 1 aromatic rings. The Hall–Kier alpha value is -1.71. The highest BCUT2D eigenvalue weighted by atomic mass is 16.5. The lowest BCUT2D eigenvalue weighted by molar-refractivity contribution is 0.294. The zero-order valence-electron chi connectivity index (χ0n) is 9.80. The number of benzene rings is 1. The van der Waals surface area contributed by atoms with Crippen LogP contribution < -0.4 is 10.5 Å². The number of likely N-dealkylation sites (tertiary alicyclic amines) is 1. The van der Waals surface area contributed by atoms with Gasteiger partial charge in [0.05, 0.1) is 13.2 Å². The number of hydrogen-bond acceptors (Lipinski definition) is 2. The Balaban J connectivity index is 1.67. The minimum Gasteiger partial charge on any atom is -0.493 e. The minimum atomic E-state index is 0.353. The Morgan fingerprint density at radius 1 is 1.41 bits per heavy atom. The van der Waals surface area contributed by atoms with E-state index in [2.05, 4.69) is 16.0 Å². The van der Waals surface area contributed by atoms with Crippen molar-refractivity contribution in [2.75, 3.05) is 26.2 Å². The van der Waals surface area contributed by atoms with Crippen LogP contribution in [0, 0.1) is 0 Å². The molecule has 2 aliphatic heterocycles. The van der Waals surface area contributed by atoms with E-state index in [1.165, 1.54) is 12.0 Å². The van der Waals surface area contributed by atoms with Gasteiger partial charge in [-0.25, -0.2) is 0 Å². The molecule has 0 bridgehead atoms. The Morgan fingerprint density at radius 2 is 2.24 bits per heavy atom. The van der Waals surface area contributed by atoms with Crippen LogP contribution in [0.25, 0.3) is 0 Å². The standard InChI is InChI=1S/C13H17N3O/c14-13(16-6-3-7-16)15-8-10-9-17-12-5-2-1-4-11(10)12/h1-2,4-5,10H,3,6-9H2,(H2,14,15). The summed E-state index contributed by atoms with van der Waals surface area (Å²) in [5, 5.41) is 0. The number of fused-ring (bicyclic) bond motifs is 1. The lowest BCUT2D eigenvalue weighted by atomic mass is 10.0. The second-order valence-corrected chi connectivity index (χ2v) is 4.59. The van der Waals surface area contributed by atoms with Crippen LogP contribution >= 0.6 is 0 Å². The molecule has 2 N–H and O–H groups in total. The summed E-state index contributed by atoms with van der Waals surface area (Å²) >= 11 is 0. The van der Waals surface area contributed by atoms with Gasteiger partial charge in [-0.1, -0.05) is 18.2 Å². The molecule has 1 unspecified atom stereocenters. The lowest BCUT2D eigenvalue weighted by Gasteiger charge is -2.31. The van der Waals surface area contributed by atoms with E-state index in [1.54, 1.807) is 0 Å². The average molecular weight is 231 g/mol. The van der Waals surface area contributed by atoms with Gasteiger partial charge in [0.25, 0.3) is 0 Å². The number of para-hydroxylation sites is 1. The molecular weight excluding hydrogens is 214 g/mol. The smallest absolute Gasteiger partial charge is 0.191 e. The summed E-state index contributed by atoms with van der Waals surface area (Å²) in [4.78, 5) is 6.58. The van der Waals surface area contributed by atoms with Crippen molar-refractivity contribution in [1.29, 1.82) is 0 Å². The van der Waals surface area contributed by atoms with E-state index < -0.39 is 0 Å². The Morgan fingerprint density at radius 3 is 3.00 bits per heavy atom. The predicted molar refractivity (Wildman–Crippen MR) is 67.4 cm³/mol. The highest BCUT2D eigenvalue weighted by Gasteiger charge is 2.24. The fourth-order valence-corrected chi connectivity index (χ4v) is 2.23. The first kappa shape index (κ1) is 10.4. The van der Waals surface area contributed by atoms with E-state index in [0.717, 1.165) is 32.0 Å². The highest BCUT2D eigenvalue weighted by Crippen LogP contribution is 2.33. The molecule has 0 saturated carbocycles. The van der Waals surface area contributed by atoms with Crippen molar-refractivity contribution in [1.82, 2.24) is 4.90 Å². The SMILES string of the molecule is NC(=NCC1COc2ccccc21)N1CCC1. The number of aliphatic imine (C=N–C) groups is 1. The van der Waals surface area contributed by atoms with Crippen molar-refractivity contribution < 1.29 is 4.74 Å². The van der Waals surface area contributed by atoms with Crippen molar-refractivity contribution in [3.63, 3.8) is 0 Å². The molecule has 1 saturated heterocycles. The summed E-state index contributed by atoms with van der Waals surface area (Å²) in [6.07, 6.45) is 1.23. The molecule has 1 aromatic carbocycles. The molecule has 0 radical (unpaired) electrons. The second-order valence-electron chi connectivity index (χ2n) is 4.59. The molecule has 90 valence electrons. The molecule has 2 heterocycles. The number of hydrogen-bond donors (Lipinski definition) is 1. The first-order chi connectivity index (χ1) is 8.34. The maximum Gasteiger partial charge on any atom is 0.191 e. The first-order valence-corrected chi connectivity index (χ1v) is 6.11. The third-order valence-electron chi connectivity index (χ3n) is 3.45. The van der Waals surface area contributed by atoms with Crippen molar-refractivity contribution in [3.05, 3.63) is 29.8 Å². The summed E-state index contributed by atoms with van der Waals surface area (Å²) in [7, 11) is 0. The summed E-state index contributed by atoms with van der Waals surface area (Å²) < 4.78 is 5.62. The van der Waals surface area contributed by atoms with Gasteiger partial charge in [0.2, 0.25) is 0 Å². The number of guanidine groups is 1. The van der Waals surface area contributed by atoms with Gasteiger partial charge in [0, 0.05) is 24.6 Å². The summed E-state index contributed by atoms with van der Waals surface area (Å²) in [6.45, 7) is 3.54. The van der Waals surface area contributed by atoms with E-state index in [9.17, 15) is 0 Å². The number of nitrogens with two attached hydrogens (primary N) is 1. The normalized spacial score (nSPS) is 22.9. The topological polar surface area (TPSA) is 50.9 Å².